The lowest BCUT2D eigenvalue weighted by Gasteiger charge is -2.06. The second-order valence-electron chi connectivity index (χ2n) is 2.58. The molecule has 1 nitrogen and oxygen atoms in total. The molecule has 0 aliphatic heterocycles. The zero-order chi connectivity index (χ0) is 10.7. The summed E-state index contributed by atoms with van der Waals surface area (Å²) in [5, 5.41) is 0. The molecule has 1 rings (SSSR count). The van der Waals surface area contributed by atoms with E-state index in [1.54, 1.807) is 6.92 Å². The molecule has 0 N–H and O–H groups in total. The standard InChI is InChI=1S/C9H8F4O/c1-2-14-4-5-8(12)6(10)3-7(11)9(5)13/h3H,2,4H2,1H3. The van der Waals surface area contributed by atoms with E-state index < -0.39 is 35.4 Å². The van der Waals surface area contributed by atoms with Crippen molar-refractivity contribution < 1.29 is 22.3 Å². The van der Waals surface area contributed by atoms with Crippen LogP contribution in [0.3, 0.4) is 0 Å². The van der Waals surface area contributed by atoms with Gasteiger partial charge in [0.2, 0.25) is 0 Å². The molecule has 5 heteroatoms. The van der Waals surface area contributed by atoms with Crippen molar-refractivity contribution in [3.63, 3.8) is 0 Å². The Morgan fingerprint density at radius 2 is 1.57 bits per heavy atom. The summed E-state index contributed by atoms with van der Waals surface area (Å²) in [7, 11) is 0. The summed E-state index contributed by atoms with van der Waals surface area (Å²) in [6.45, 7) is 1.32. The van der Waals surface area contributed by atoms with Crippen molar-refractivity contribution in [2.75, 3.05) is 6.61 Å². The topological polar surface area (TPSA) is 9.23 Å². The monoisotopic (exact) mass is 208 g/mol. The minimum absolute atomic E-state index is 0.167. The first-order valence-corrected chi connectivity index (χ1v) is 3.97. The number of halogens is 4. The summed E-state index contributed by atoms with van der Waals surface area (Å²) >= 11 is 0. The van der Waals surface area contributed by atoms with Crippen molar-refractivity contribution >= 4 is 0 Å². The third-order valence-corrected chi connectivity index (χ3v) is 1.65. The van der Waals surface area contributed by atoms with Gasteiger partial charge < -0.3 is 4.74 Å². The van der Waals surface area contributed by atoms with Crippen molar-refractivity contribution in [1.82, 2.24) is 0 Å². The smallest absolute Gasteiger partial charge is 0.167 e. The van der Waals surface area contributed by atoms with Gasteiger partial charge in [0.15, 0.2) is 23.3 Å². The van der Waals surface area contributed by atoms with E-state index in [2.05, 4.69) is 4.74 Å². The van der Waals surface area contributed by atoms with Gasteiger partial charge >= 0.3 is 0 Å². The van der Waals surface area contributed by atoms with E-state index >= 15 is 0 Å². The Labute approximate surface area is 78.3 Å². The highest BCUT2D eigenvalue weighted by Gasteiger charge is 2.18. The Morgan fingerprint density at radius 3 is 2.00 bits per heavy atom. The number of benzene rings is 1. The molecule has 0 atom stereocenters. The molecular weight excluding hydrogens is 200 g/mol. The lowest BCUT2D eigenvalue weighted by Crippen LogP contribution is -2.04. The Bertz CT molecular complexity index is 312. The van der Waals surface area contributed by atoms with Gasteiger partial charge in [0.05, 0.1) is 12.2 Å². The maximum Gasteiger partial charge on any atom is 0.167 e. The molecule has 0 saturated heterocycles. The number of hydrogen-bond donors (Lipinski definition) is 0. The first-order valence-electron chi connectivity index (χ1n) is 3.97. The fourth-order valence-electron chi connectivity index (χ4n) is 0.953. The highest BCUT2D eigenvalue weighted by atomic mass is 19.2. The van der Waals surface area contributed by atoms with Gasteiger partial charge in [-0.2, -0.15) is 0 Å². The second-order valence-corrected chi connectivity index (χ2v) is 2.58. The molecule has 0 heterocycles. The van der Waals surface area contributed by atoms with Gasteiger partial charge in [-0.3, -0.25) is 0 Å². The van der Waals surface area contributed by atoms with Gasteiger partial charge in [0.1, 0.15) is 0 Å². The third-order valence-electron chi connectivity index (χ3n) is 1.65. The highest BCUT2D eigenvalue weighted by Crippen LogP contribution is 2.19. The van der Waals surface area contributed by atoms with Crippen molar-refractivity contribution in [1.29, 1.82) is 0 Å². The van der Waals surface area contributed by atoms with Crippen LogP contribution < -0.4 is 0 Å². The molecule has 0 fully saturated rings. The largest absolute Gasteiger partial charge is 0.377 e. The van der Waals surface area contributed by atoms with Crippen molar-refractivity contribution in [2.45, 2.75) is 13.5 Å². The van der Waals surface area contributed by atoms with Crippen LogP contribution in [0.25, 0.3) is 0 Å². The summed E-state index contributed by atoms with van der Waals surface area (Å²) < 4.78 is 55.7. The third kappa shape index (κ3) is 2.04. The minimum atomic E-state index is -1.42. The lowest BCUT2D eigenvalue weighted by molar-refractivity contribution is 0.127. The van der Waals surface area contributed by atoms with E-state index in [0.29, 0.717) is 0 Å². The summed E-state index contributed by atoms with van der Waals surface area (Å²) in [5.41, 5.74) is -0.718. The van der Waals surface area contributed by atoms with Crippen molar-refractivity contribution in [3.8, 4) is 0 Å². The van der Waals surface area contributed by atoms with Crippen LogP contribution in [0.2, 0.25) is 0 Å². The molecule has 0 spiro atoms. The predicted octanol–water partition coefficient (Wildman–Crippen LogP) is 2.78. The van der Waals surface area contributed by atoms with Gasteiger partial charge in [-0.15, -0.1) is 0 Å². The number of hydrogen-bond acceptors (Lipinski definition) is 1. The summed E-state index contributed by atoms with van der Waals surface area (Å²) in [4.78, 5) is 0. The average Bonchev–Trinajstić information content (AvgIpc) is 2.15. The molecule has 0 bridgehead atoms. The lowest BCUT2D eigenvalue weighted by atomic mass is 10.2. The fraction of sp³-hybridized carbons (Fsp3) is 0.333. The molecule has 0 amide bonds. The van der Waals surface area contributed by atoms with Crippen LogP contribution in [0, 0.1) is 23.3 Å². The number of rotatable bonds is 3. The molecule has 0 aliphatic rings. The molecule has 0 aliphatic carbocycles. The fourth-order valence-corrected chi connectivity index (χ4v) is 0.953. The second kappa shape index (κ2) is 4.41. The van der Waals surface area contributed by atoms with Crippen LogP contribution in [0.15, 0.2) is 6.07 Å². The molecule has 1 aromatic rings. The number of ether oxygens (including phenoxy) is 1. The van der Waals surface area contributed by atoms with Crippen LogP contribution >= 0.6 is 0 Å². The first-order chi connectivity index (χ1) is 6.57. The molecule has 78 valence electrons. The summed E-state index contributed by atoms with van der Waals surface area (Å²) in [6.07, 6.45) is 0. The van der Waals surface area contributed by atoms with Crippen LogP contribution in [0.1, 0.15) is 12.5 Å². The molecule has 0 unspecified atom stereocenters. The van der Waals surface area contributed by atoms with E-state index in [1.807, 2.05) is 0 Å². The van der Waals surface area contributed by atoms with Gasteiger partial charge in [-0.1, -0.05) is 0 Å². The maximum absolute atomic E-state index is 12.9. The summed E-state index contributed by atoms with van der Waals surface area (Å²) in [5.74, 6) is -5.65. The molecule has 0 saturated carbocycles. The molecule has 14 heavy (non-hydrogen) atoms. The molecular formula is C9H8F4O. The van der Waals surface area contributed by atoms with E-state index in [9.17, 15) is 17.6 Å². The van der Waals surface area contributed by atoms with Crippen LogP contribution in [0.5, 0.6) is 0 Å². The quantitative estimate of drug-likeness (QED) is 0.548. The molecule has 1 aromatic carbocycles. The maximum atomic E-state index is 12.9. The van der Waals surface area contributed by atoms with E-state index in [-0.39, 0.29) is 12.7 Å². The Kier molecular flexibility index (Phi) is 3.46. The van der Waals surface area contributed by atoms with Crippen molar-refractivity contribution in [2.24, 2.45) is 0 Å². The van der Waals surface area contributed by atoms with Crippen LogP contribution in [0.4, 0.5) is 17.6 Å². The zero-order valence-corrected chi connectivity index (χ0v) is 7.41. The van der Waals surface area contributed by atoms with Gasteiger partial charge in [0.25, 0.3) is 0 Å². The zero-order valence-electron chi connectivity index (χ0n) is 7.41. The first kappa shape index (κ1) is 11.0. The van der Waals surface area contributed by atoms with Gasteiger partial charge in [-0.05, 0) is 6.92 Å². The van der Waals surface area contributed by atoms with E-state index in [4.69, 9.17) is 0 Å². The Morgan fingerprint density at radius 1 is 1.07 bits per heavy atom. The van der Waals surface area contributed by atoms with Crippen LogP contribution in [-0.2, 0) is 11.3 Å². The van der Waals surface area contributed by atoms with E-state index in [0.717, 1.165) is 0 Å². The highest BCUT2D eigenvalue weighted by molar-refractivity contribution is 5.21. The van der Waals surface area contributed by atoms with Crippen LogP contribution in [-0.4, -0.2) is 6.61 Å². The minimum Gasteiger partial charge on any atom is -0.377 e. The Hall–Kier alpha value is -1.10. The van der Waals surface area contributed by atoms with E-state index in [1.165, 1.54) is 0 Å². The van der Waals surface area contributed by atoms with Crippen molar-refractivity contribution in [3.05, 3.63) is 34.9 Å². The average molecular weight is 208 g/mol. The van der Waals surface area contributed by atoms with Gasteiger partial charge in [-0.25, -0.2) is 17.6 Å². The predicted molar refractivity (Wildman–Crippen MR) is 41.6 cm³/mol. The summed E-state index contributed by atoms with van der Waals surface area (Å²) in [6, 6.07) is 0.167. The van der Waals surface area contributed by atoms with Gasteiger partial charge in [0, 0.05) is 12.7 Å². The normalized spacial score (nSPS) is 10.6. The Balaban J connectivity index is 3.11. The molecule has 0 aromatic heterocycles. The molecule has 0 radical (unpaired) electrons. The SMILES string of the molecule is CCOCc1c(F)c(F)cc(F)c1F.